The molecule has 2 aromatic carbocycles. The van der Waals surface area contributed by atoms with E-state index in [9.17, 15) is 27.9 Å². The highest BCUT2D eigenvalue weighted by molar-refractivity contribution is 5.88. The fraction of sp³-hybridized carbons (Fsp3) is 0.185. The normalized spacial score (nSPS) is 11.2. The van der Waals surface area contributed by atoms with Crippen molar-refractivity contribution in [3.05, 3.63) is 105 Å². The first-order valence-electron chi connectivity index (χ1n) is 11.3. The van der Waals surface area contributed by atoms with Gasteiger partial charge in [-0.2, -0.15) is 10.2 Å². The first-order chi connectivity index (χ1) is 17.6. The maximum absolute atomic E-state index is 14.5. The molecule has 0 spiro atoms. The lowest BCUT2D eigenvalue weighted by Gasteiger charge is -2.14. The number of alkyl halides is 2. The van der Waals surface area contributed by atoms with Crippen LogP contribution in [0.15, 0.2) is 65.6 Å². The maximum Gasteiger partial charge on any atom is 0.338 e. The van der Waals surface area contributed by atoms with Gasteiger partial charge < -0.3 is 14.8 Å². The second-order valence-corrected chi connectivity index (χ2v) is 8.63. The molecule has 0 radical (unpaired) electrons. The number of carboxylic acid groups (broad SMARTS) is 1. The number of hydrogen-bond donors (Lipinski definition) is 2. The molecule has 4 aromatic rings. The Labute approximate surface area is 209 Å². The van der Waals surface area contributed by atoms with Crippen molar-refractivity contribution in [2.24, 2.45) is 0 Å². The Hall–Kier alpha value is -4.47. The molecule has 0 aliphatic rings. The van der Waals surface area contributed by atoms with Crippen molar-refractivity contribution in [1.29, 1.82) is 0 Å². The molecule has 2 N–H and O–H groups in total. The fourth-order valence-electron chi connectivity index (χ4n) is 3.63. The topological polar surface area (TPSA) is 105 Å². The summed E-state index contributed by atoms with van der Waals surface area (Å²) in [7, 11) is 0. The molecule has 0 unspecified atom stereocenters. The molecule has 37 heavy (non-hydrogen) atoms. The van der Waals surface area contributed by atoms with E-state index in [1.54, 1.807) is 24.3 Å². The highest BCUT2D eigenvalue weighted by Gasteiger charge is 2.19. The Morgan fingerprint density at radius 3 is 2.35 bits per heavy atom. The Morgan fingerprint density at radius 1 is 1.03 bits per heavy atom. The van der Waals surface area contributed by atoms with Gasteiger partial charge in [-0.3, -0.25) is 4.79 Å². The molecular weight excluding hydrogens is 487 g/mol. The second-order valence-electron chi connectivity index (χ2n) is 8.63. The van der Waals surface area contributed by atoms with E-state index in [2.05, 4.69) is 15.2 Å². The largest absolute Gasteiger partial charge is 0.478 e. The zero-order valence-electron chi connectivity index (χ0n) is 19.8. The molecule has 2 heterocycles. The number of nitrogens with one attached hydrogen (secondary N) is 1. The van der Waals surface area contributed by atoms with Crippen molar-refractivity contribution in [3.63, 3.8) is 0 Å². The minimum atomic E-state index is -2.82. The molecule has 0 fully saturated rings. The summed E-state index contributed by atoms with van der Waals surface area (Å²) in [4.78, 5) is 25.9. The predicted molar refractivity (Wildman–Crippen MR) is 130 cm³/mol. The summed E-state index contributed by atoms with van der Waals surface area (Å²) in [5, 5.41) is 17.8. The number of aromatic amines is 1. The van der Waals surface area contributed by atoms with Crippen LogP contribution in [0.4, 0.5) is 13.2 Å². The van der Waals surface area contributed by atoms with Gasteiger partial charge in [-0.25, -0.2) is 18.0 Å². The quantitative estimate of drug-likeness (QED) is 0.297. The van der Waals surface area contributed by atoms with Crippen LogP contribution >= 0.6 is 0 Å². The summed E-state index contributed by atoms with van der Waals surface area (Å²) in [6, 6.07) is 13.4. The molecule has 0 aliphatic heterocycles. The number of pyridine rings is 1. The van der Waals surface area contributed by atoms with E-state index in [4.69, 9.17) is 4.74 Å². The van der Waals surface area contributed by atoms with Crippen LogP contribution in [0.2, 0.25) is 0 Å². The average Bonchev–Trinajstić information content (AvgIpc) is 2.87. The van der Waals surface area contributed by atoms with Gasteiger partial charge in [0.15, 0.2) is 0 Å². The van der Waals surface area contributed by atoms with E-state index in [0.717, 1.165) is 35.7 Å². The average molecular weight is 509 g/mol. The Balaban J connectivity index is 1.66. The minimum absolute atomic E-state index is 0.0329. The monoisotopic (exact) mass is 509 g/mol. The summed E-state index contributed by atoms with van der Waals surface area (Å²) in [6.45, 7) is 4.03. The second kappa shape index (κ2) is 10.7. The van der Waals surface area contributed by atoms with Crippen LogP contribution in [0.5, 0.6) is 11.5 Å². The standard InChI is InChI=1S/C27H22F3N3O4/c1-14(2)22-7-8-23(33-32-22)15-3-5-19(6-4-15)37-24-12-20(27(35)36)21(28)11-16(24)9-17-10-18(25(29)30)13-31-26(17)34/h3-8,10-14,25H,9H2,1-2H3,(H,31,34)(H,35,36). The van der Waals surface area contributed by atoms with Crippen molar-refractivity contribution in [2.75, 3.05) is 0 Å². The van der Waals surface area contributed by atoms with Crippen LogP contribution in [-0.4, -0.2) is 26.3 Å². The molecule has 0 bridgehead atoms. The Morgan fingerprint density at radius 2 is 1.76 bits per heavy atom. The number of aromatic nitrogens is 3. The zero-order valence-corrected chi connectivity index (χ0v) is 19.8. The van der Waals surface area contributed by atoms with Gasteiger partial charge in [0.25, 0.3) is 12.0 Å². The number of ether oxygens (including phenoxy) is 1. The van der Waals surface area contributed by atoms with E-state index in [1.807, 2.05) is 26.0 Å². The Kier molecular flexibility index (Phi) is 7.37. The molecule has 0 aliphatic carbocycles. The maximum atomic E-state index is 14.5. The first kappa shape index (κ1) is 25.6. The van der Waals surface area contributed by atoms with Crippen molar-refractivity contribution < 1.29 is 27.8 Å². The molecule has 190 valence electrons. The van der Waals surface area contributed by atoms with Crippen LogP contribution in [0.1, 0.15) is 58.9 Å². The van der Waals surface area contributed by atoms with E-state index >= 15 is 0 Å². The van der Waals surface area contributed by atoms with Gasteiger partial charge in [-0.15, -0.1) is 0 Å². The molecule has 0 saturated carbocycles. The lowest BCUT2D eigenvalue weighted by Crippen LogP contribution is -2.14. The molecule has 0 atom stereocenters. The number of hydrogen-bond acceptors (Lipinski definition) is 5. The smallest absolute Gasteiger partial charge is 0.338 e. The molecule has 4 rings (SSSR count). The van der Waals surface area contributed by atoms with Gasteiger partial charge in [0.05, 0.1) is 17.0 Å². The lowest BCUT2D eigenvalue weighted by atomic mass is 10.0. The fourth-order valence-corrected chi connectivity index (χ4v) is 3.63. The number of aromatic carboxylic acids is 1. The lowest BCUT2D eigenvalue weighted by molar-refractivity contribution is 0.0691. The SMILES string of the molecule is CC(C)c1ccc(-c2ccc(Oc3cc(C(=O)O)c(F)cc3Cc3cc(C(F)F)c[nH]c3=O)cc2)nn1. The van der Waals surface area contributed by atoms with Crippen LogP contribution in [0, 0.1) is 5.82 Å². The summed E-state index contributed by atoms with van der Waals surface area (Å²) >= 11 is 0. The van der Waals surface area contributed by atoms with Gasteiger partial charge in [0.2, 0.25) is 0 Å². The van der Waals surface area contributed by atoms with Gasteiger partial charge in [0.1, 0.15) is 17.3 Å². The molecule has 7 nitrogen and oxygen atoms in total. The molecular formula is C27H22F3N3O4. The third-order valence-electron chi connectivity index (χ3n) is 5.67. The zero-order chi connectivity index (χ0) is 26.7. The number of carbonyl (C=O) groups is 1. The third-order valence-corrected chi connectivity index (χ3v) is 5.67. The number of rotatable bonds is 8. The number of nitrogens with zero attached hydrogens (tertiary/aromatic N) is 2. The predicted octanol–water partition coefficient (Wildman–Crippen LogP) is 6.11. The van der Waals surface area contributed by atoms with Crippen LogP contribution in [0.25, 0.3) is 11.3 Å². The number of benzene rings is 2. The van der Waals surface area contributed by atoms with Gasteiger partial charge >= 0.3 is 5.97 Å². The number of carboxylic acids is 1. The summed E-state index contributed by atoms with van der Waals surface area (Å²) < 4.78 is 46.6. The van der Waals surface area contributed by atoms with E-state index < -0.39 is 34.9 Å². The van der Waals surface area contributed by atoms with Crippen LogP contribution in [-0.2, 0) is 6.42 Å². The van der Waals surface area contributed by atoms with Crippen molar-refractivity contribution >= 4 is 5.97 Å². The summed E-state index contributed by atoms with van der Waals surface area (Å²) in [5.41, 5.74) is 0.654. The number of halogens is 3. The first-order valence-corrected chi connectivity index (χ1v) is 11.3. The van der Waals surface area contributed by atoms with Crippen molar-refractivity contribution in [1.82, 2.24) is 15.2 Å². The third kappa shape index (κ3) is 5.85. The molecule has 0 saturated heterocycles. The number of H-pyrrole nitrogens is 1. The van der Waals surface area contributed by atoms with Gasteiger partial charge in [0, 0.05) is 34.9 Å². The Bertz CT molecular complexity index is 1480. The van der Waals surface area contributed by atoms with Gasteiger partial charge in [-0.05, 0) is 60.5 Å². The highest BCUT2D eigenvalue weighted by atomic mass is 19.3. The summed E-state index contributed by atoms with van der Waals surface area (Å²) in [6.07, 6.45) is -2.18. The highest BCUT2D eigenvalue weighted by Crippen LogP contribution is 2.31. The summed E-state index contributed by atoms with van der Waals surface area (Å²) in [5.74, 6) is -2.05. The van der Waals surface area contributed by atoms with E-state index in [-0.39, 0.29) is 29.2 Å². The van der Waals surface area contributed by atoms with Crippen molar-refractivity contribution in [3.8, 4) is 22.8 Å². The van der Waals surface area contributed by atoms with E-state index in [1.165, 1.54) is 0 Å². The van der Waals surface area contributed by atoms with Crippen LogP contribution in [0.3, 0.4) is 0 Å². The van der Waals surface area contributed by atoms with E-state index in [0.29, 0.717) is 11.4 Å². The molecule has 10 heteroatoms. The van der Waals surface area contributed by atoms with Crippen LogP contribution < -0.4 is 10.3 Å². The minimum Gasteiger partial charge on any atom is -0.478 e. The molecule has 2 aromatic heterocycles. The molecule has 0 amide bonds. The van der Waals surface area contributed by atoms with Crippen molar-refractivity contribution in [2.45, 2.75) is 32.6 Å². The van der Waals surface area contributed by atoms with Gasteiger partial charge in [-0.1, -0.05) is 13.8 Å².